The average molecular weight is 359 g/mol. The van der Waals surface area contributed by atoms with Crippen molar-refractivity contribution in [3.8, 4) is 0 Å². The van der Waals surface area contributed by atoms with Crippen molar-refractivity contribution < 1.29 is 5.11 Å². The molecule has 7 heteroatoms. The van der Waals surface area contributed by atoms with E-state index in [-0.39, 0.29) is 18.7 Å². The Labute approximate surface area is 133 Å². The normalized spacial score (nSPS) is 20.6. The Balaban J connectivity index is 2.21. The van der Waals surface area contributed by atoms with Gasteiger partial charge in [-0.15, -0.1) is 0 Å². The summed E-state index contributed by atoms with van der Waals surface area (Å²) in [5, 5.41) is 16.4. The fourth-order valence-electron chi connectivity index (χ4n) is 2.80. The largest absolute Gasteiger partial charge is 0.394 e. The Bertz CT molecular complexity index is 534. The van der Waals surface area contributed by atoms with Gasteiger partial charge < -0.3 is 15.3 Å². The highest BCUT2D eigenvalue weighted by atomic mass is 79.9. The maximum atomic E-state index is 12.2. The van der Waals surface area contributed by atoms with E-state index in [0.29, 0.717) is 16.4 Å². The van der Waals surface area contributed by atoms with Crippen LogP contribution in [0.4, 0.5) is 5.69 Å². The summed E-state index contributed by atoms with van der Waals surface area (Å²) in [7, 11) is 1.98. The lowest BCUT2D eigenvalue weighted by Gasteiger charge is -2.37. The maximum absolute atomic E-state index is 12.2. The summed E-state index contributed by atoms with van der Waals surface area (Å²) in [6.07, 6.45) is 4.03. The highest BCUT2D eigenvalue weighted by Crippen LogP contribution is 2.28. The molecule has 2 unspecified atom stereocenters. The van der Waals surface area contributed by atoms with Crippen LogP contribution in [0.1, 0.15) is 19.8 Å². The molecule has 0 amide bonds. The Morgan fingerprint density at radius 2 is 2.38 bits per heavy atom. The Morgan fingerprint density at radius 3 is 3.05 bits per heavy atom. The van der Waals surface area contributed by atoms with E-state index in [1.165, 1.54) is 11.1 Å². The van der Waals surface area contributed by atoms with Gasteiger partial charge in [-0.2, -0.15) is 5.10 Å². The quantitative estimate of drug-likeness (QED) is 0.815. The number of nitrogens with one attached hydrogen (secondary N) is 1. The molecule has 1 saturated heterocycles. The molecule has 1 aliphatic heterocycles. The predicted octanol–water partition coefficient (Wildman–Crippen LogP) is 0.822. The minimum Gasteiger partial charge on any atom is -0.394 e. The third-order valence-electron chi connectivity index (χ3n) is 4.24. The van der Waals surface area contributed by atoms with Crippen LogP contribution in [0.5, 0.6) is 0 Å². The molecule has 0 aromatic carbocycles. The van der Waals surface area contributed by atoms with Gasteiger partial charge in [0.2, 0.25) is 0 Å². The first-order chi connectivity index (χ1) is 10.1. The molecule has 6 nitrogen and oxygen atoms in total. The van der Waals surface area contributed by atoms with Crippen LogP contribution in [0.25, 0.3) is 0 Å². The second-order valence-corrected chi connectivity index (χ2v) is 6.31. The van der Waals surface area contributed by atoms with Crippen molar-refractivity contribution in [2.24, 2.45) is 5.92 Å². The zero-order chi connectivity index (χ0) is 15.4. The zero-order valence-electron chi connectivity index (χ0n) is 12.5. The summed E-state index contributed by atoms with van der Waals surface area (Å²) in [5.74, 6) is 0.565. The highest BCUT2D eigenvalue weighted by Gasteiger charge is 2.26. The zero-order valence-corrected chi connectivity index (χ0v) is 14.1. The van der Waals surface area contributed by atoms with Crippen molar-refractivity contribution >= 4 is 21.6 Å². The van der Waals surface area contributed by atoms with Crippen LogP contribution in [-0.4, -0.2) is 47.7 Å². The first kappa shape index (κ1) is 16.5. The number of aliphatic hydroxyl groups is 1. The van der Waals surface area contributed by atoms with E-state index in [0.717, 1.165) is 25.2 Å². The SMILES string of the molecule is CNC(C)C1CCCN(c2cnn(CCO)c(=O)c2Br)C1. The van der Waals surface area contributed by atoms with Gasteiger partial charge in [0.25, 0.3) is 5.56 Å². The number of nitrogens with zero attached hydrogens (tertiary/aromatic N) is 3. The van der Waals surface area contributed by atoms with E-state index in [9.17, 15) is 4.79 Å². The summed E-state index contributed by atoms with van der Waals surface area (Å²) < 4.78 is 1.81. The number of hydrogen-bond donors (Lipinski definition) is 2. The molecule has 0 spiro atoms. The van der Waals surface area contributed by atoms with Gasteiger partial charge in [-0.1, -0.05) is 0 Å². The molecular weight excluding hydrogens is 336 g/mol. The molecule has 1 fully saturated rings. The van der Waals surface area contributed by atoms with Crippen molar-refractivity contribution in [3.63, 3.8) is 0 Å². The molecule has 0 aliphatic carbocycles. The summed E-state index contributed by atoms with van der Waals surface area (Å²) in [4.78, 5) is 14.4. The van der Waals surface area contributed by atoms with Crippen LogP contribution in [-0.2, 0) is 6.54 Å². The molecule has 0 radical (unpaired) electrons. The van der Waals surface area contributed by atoms with Crippen LogP contribution in [0.3, 0.4) is 0 Å². The summed E-state index contributed by atoms with van der Waals surface area (Å²) in [5.41, 5.74) is 0.660. The average Bonchev–Trinajstić information content (AvgIpc) is 2.51. The van der Waals surface area contributed by atoms with E-state index in [4.69, 9.17) is 5.11 Å². The molecule has 0 saturated carbocycles. The van der Waals surface area contributed by atoms with Gasteiger partial charge in [0.05, 0.1) is 25.0 Å². The third-order valence-corrected chi connectivity index (χ3v) is 4.98. The van der Waals surface area contributed by atoms with E-state index >= 15 is 0 Å². The molecule has 21 heavy (non-hydrogen) atoms. The predicted molar refractivity (Wildman–Crippen MR) is 86.7 cm³/mol. The van der Waals surface area contributed by atoms with Crippen LogP contribution < -0.4 is 15.8 Å². The molecule has 1 aromatic rings. The number of piperidine rings is 1. The van der Waals surface area contributed by atoms with Gasteiger partial charge in [0.1, 0.15) is 4.47 Å². The molecule has 1 aliphatic rings. The maximum Gasteiger partial charge on any atom is 0.283 e. The number of aliphatic hydroxyl groups excluding tert-OH is 1. The summed E-state index contributed by atoms with van der Waals surface area (Å²) in [6, 6.07) is 0.453. The lowest BCUT2D eigenvalue weighted by molar-refractivity contribution is 0.266. The number of hydrogen-bond acceptors (Lipinski definition) is 5. The molecule has 118 valence electrons. The minimum absolute atomic E-state index is 0.0931. The van der Waals surface area contributed by atoms with Gasteiger partial charge in [0.15, 0.2) is 0 Å². The highest BCUT2D eigenvalue weighted by molar-refractivity contribution is 9.10. The third kappa shape index (κ3) is 3.64. The summed E-state index contributed by atoms with van der Waals surface area (Å²) >= 11 is 3.40. The van der Waals surface area contributed by atoms with Crippen molar-refractivity contribution in [2.45, 2.75) is 32.4 Å². The van der Waals surface area contributed by atoms with Crippen molar-refractivity contribution in [3.05, 3.63) is 21.0 Å². The van der Waals surface area contributed by atoms with Crippen molar-refractivity contribution in [1.29, 1.82) is 0 Å². The van der Waals surface area contributed by atoms with Crippen LogP contribution in [0, 0.1) is 5.92 Å². The Hall–Kier alpha value is -0.920. The Morgan fingerprint density at radius 1 is 1.62 bits per heavy atom. The van der Waals surface area contributed by atoms with Crippen LogP contribution >= 0.6 is 15.9 Å². The van der Waals surface area contributed by atoms with E-state index in [2.05, 4.69) is 38.2 Å². The number of rotatable bonds is 5. The fraction of sp³-hybridized carbons (Fsp3) is 0.714. The molecule has 2 rings (SSSR count). The monoisotopic (exact) mass is 358 g/mol. The van der Waals surface area contributed by atoms with Crippen molar-refractivity contribution in [1.82, 2.24) is 15.1 Å². The van der Waals surface area contributed by atoms with Gasteiger partial charge in [-0.3, -0.25) is 4.79 Å². The molecule has 2 N–H and O–H groups in total. The number of anilines is 1. The minimum atomic E-state index is -0.190. The second kappa shape index (κ2) is 7.38. The smallest absolute Gasteiger partial charge is 0.283 e. The van der Waals surface area contributed by atoms with Gasteiger partial charge in [0, 0.05) is 19.1 Å². The van der Waals surface area contributed by atoms with E-state index in [1.54, 1.807) is 6.20 Å². The number of halogens is 1. The van der Waals surface area contributed by atoms with Crippen LogP contribution in [0.2, 0.25) is 0 Å². The standard InChI is InChI=1S/C14H23BrN4O2/c1-10(16-2)11-4-3-5-18(9-11)12-8-17-19(6-7-20)14(21)13(12)15/h8,10-11,16,20H,3-7,9H2,1-2H3. The van der Waals surface area contributed by atoms with Gasteiger partial charge in [-0.25, -0.2) is 4.68 Å². The second-order valence-electron chi connectivity index (χ2n) is 5.52. The fourth-order valence-corrected chi connectivity index (χ4v) is 3.36. The molecular formula is C14H23BrN4O2. The molecule has 2 heterocycles. The topological polar surface area (TPSA) is 70.4 Å². The molecule has 1 aromatic heterocycles. The Kier molecular flexibility index (Phi) is 5.78. The lowest BCUT2D eigenvalue weighted by Crippen LogP contribution is -2.44. The van der Waals surface area contributed by atoms with Crippen molar-refractivity contribution in [2.75, 3.05) is 31.6 Å². The first-order valence-corrected chi connectivity index (χ1v) is 8.16. The van der Waals surface area contributed by atoms with Gasteiger partial charge in [-0.05, 0) is 48.7 Å². The molecule has 2 atom stereocenters. The lowest BCUT2D eigenvalue weighted by atomic mass is 9.91. The van der Waals surface area contributed by atoms with Crippen LogP contribution in [0.15, 0.2) is 15.5 Å². The number of aromatic nitrogens is 2. The first-order valence-electron chi connectivity index (χ1n) is 7.37. The van der Waals surface area contributed by atoms with Gasteiger partial charge >= 0.3 is 0 Å². The summed E-state index contributed by atoms with van der Waals surface area (Å²) in [6.45, 7) is 4.18. The molecule has 0 bridgehead atoms. The van der Waals surface area contributed by atoms with E-state index < -0.39 is 0 Å². The van der Waals surface area contributed by atoms with E-state index in [1.807, 2.05) is 7.05 Å².